The number of rotatable bonds is 5. The number of ether oxygens (including phenoxy) is 1. The zero-order valence-electron chi connectivity index (χ0n) is 10.6. The highest BCUT2D eigenvalue weighted by molar-refractivity contribution is 5.30. The van der Waals surface area contributed by atoms with Crippen LogP contribution in [0.4, 0.5) is 0 Å². The lowest BCUT2D eigenvalue weighted by atomic mass is 10.1. The summed E-state index contributed by atoms with van der Waals surface area (Å²) < 4.78 is 5.78. The van der Waals surface area contributed by atoms with Crippen LogP contribution in [-0.2, 0) is 13.0 Å². The van der Waals surface area contributed by atoms with Gasteiger partial charge in [0.1, 0.15) is 12.4 Å². The van der Waals surface area contributed by atoms with Crippen LogP contribution >= 0.6 is 0 Å². The first-order valence-corrected chi connectivity index (χ1v) is 6.16. The van der Waals surface area contributed by atoms with E-state index >= 15 is 0 Å². The van der Waals surface area contributed by atoms with Gasteiger partial charge in [-0.25, -0.2) is 0 Å². The third-order valence-electron chi connectivity index (χ3n) is 2.95. The molecule has 18 heavy (non-hydrogen) atoms. The van der Waals surface area contributed by atoms with E-state index in [9.17, 15) is 0 Å². The van der Waals surface area contributed by atoms with E-state index in [1.807, 2.05) is 36.4 Å². The topological polar surface area (TPSA) is 29.5 Å². The maximum atomic E-state index is 8.91. The maximum absolute atomic E-state index is 8.91. The molecule has 0 spiro atoms. The van der Waals surface area contributed by atoms with Gasteiger partial charge in [0.25, 0.3) is 0 Å². The van der Waals surface area contributed by atoms with Crippen LogP contribution in [-0.4, -0.2) is 11.7 Å². The monoisotopic (exact) mass is 242 g/mol. The van der Waals surface area contributed by atoms with E-state index in [2.05, 4.69) is 19.1 Å². The van der Waals surface area contributed by atoms with Gasteiger partial charge in [-0.05, 0) is 42.2 Å². The first-order valence-electron chi connectivity index (χ1n) is 6.16. The Bertz CT molecular complexity index is 506. The van der Waals surface area contributed by atoms with Gasteiger partial charge >= 0.3 is 0 Å². The third kappa shape index (κ3) is 3.34. The van der Waals surface area contributed by atoms with E-state index in [0.29, 0.717) is 13.0 Å². The zero-order chi connectivity index (χ0) is 12.8. The summed E-state index contributed by atoms with van der Waals surface area (Å²) in [6, 6.07) is 16.1. The first kappa shape index (κ1) is 12.7. The summed E-state index contributed by atoms with van der Waals surface area (Å²) >= 11 is 0. The Balaban J connectivity index is 2.02. The van der Waals surface area contributed by atoms with Crippen molar-refractivity contribution in [3.63, 3.8) is 0 Å². The number of aliphatic hydroxyl groups excluding tert-OH is 1. The molecule has 0 saturated carbocycles. The molecule has 0 heterocycles. The van der Waals surface area contributed by atoms with Gasteiger partial charge in [-0.1, -0.05) is 36.4 Å². The summed E-state index contributed by atoms with van der Waals surface area (Å²) in [6.45, 7) is 2.83. The lowest BCUT2D eigenvalue weighted by Gasteiger charge is -2.09. The molecule has 2 aromatic rings. The zero-order valence-corrected chi connectivity index (χ0v) is 10.6. The van der Waals surface area contributed by atoms with Crippen molar-refractivity contribution < 1.29 is 9.84 Å². The fourth-order valence-corrected chi connectivity index (χ4v) is 1.85. The van der Waals surface area contributed by atoms with Crippen LogP contribution in [0, 0.1) is 6.92 Å². The molecule has 0 atom stereocenters. The molecule has 0 aliphatic carbocycles. The average molecular weight is 242 g/mol. The van der Waals surface area contributed by atoms with Crippen molar-refractivity contribution >= 4 is 0 Å². The minimum atomic E-state index is 0.168. The van der Waals surface area contributed by atoms with Gasteiger partial charge in [0.15, 0.2) is 0 Å². The quantitative estimate of drug-likeness (QED) is 0.873. The molecule has 0 saturated heterocycles. The Morgan fingerprint density at radius 3 is 2.67 bits per heavy atom. The summed E-state index contributed by atoms with van der Waals surface area (Å²) in [6.07, 6.45) is 0.668. The van der Waals surface area contributed by atoms with Crippen LogP contribution in [0.1, 0.15) is 16.7 Å². The van der Waals surface area contributed by atoms with Crippen molar-refractivity contribution in [1.29, 1.82) is 0 Å². The molecule has 0 fully saturated rings. The summed E-state index contributed by atoms with van der Waals surface area (Å²) in [5.74, 6) is 0.851. The molecule has 2 heteroatoms. The predicted molar refractivity (Wildman–Crippen MR) is 72.7 cm³/mol. The van der Waals surface area contributed by atoms with Crippen LogP contribution in [0.3, 0.4) is 0 Å². The highest BCUT2D eigenvalue weighted by Gasteiger charge is 2.00. The van der Waals surface area contributed by atoms with Gasteiger partial charge in [-0.3, -0.25) is 0 Å². The van der Waals surface area contributed by atoms with E-state index < -0.39 is 0 Å². The van der Waals surface area contributed by atoms with Crippen LogP contribution < -0.4 is 4.74 Å². The van der Waals surface area contributed by atoms with Gasteiger partial charge in [0.05, 0.1) is 0 Å². The fraction of sp³-hybridized carbons (Fsp3) is 0.250. The molecule has 0 radical (unpaired) electrons. The smallest absolute Gasteiger partial charge is 0.120 e. The Morgan fingerprint density at radius 2 is 1.89 bits per heavy atom. The van der Waals surface area contributed by atoms with Gasteiger partial charge in [0.2, 0.25) is 0 Å². The van der Waals surface area contributed by atoms with Gasteiger partial charge < -0.3 is 9.84 Å². The van der Waals surface area contributed by atoms with E-state index in [1.54, 1.807) is 0 Å². The van der Waals surface area contributed by atoms with Crippen molar-refractivity contribution in [3.8, 4) is 5.75 Å². The molecule has 2 rings (SSSR count). The van der Waals surface area contributed by atoms with Crippen LogP contribution in [0.25, 0.3) is 0 Å². The van der Waals surface area contributed by atoms with Crippen LogP contribution in [0.5, 0.6) is 5.75 Å². The lowest BCUT2D eigenvalue weighted by Crippen LogP contribution is -1.98. The number of hydrogen-bond acceptors (Lipinski definition) is 2. The molecule has 1 N–H and O–H groups in total. The number of hydrogen-bond donors (Lipinski definition) is 1. The average Bonchev–Trinajstić information content (AvgIpc) is 2.39. The Hall–Kier alpha value is -1.80. The largest absolute Gasteiger partial charge is 0.489 e. The van der Waals surface area contributed by atoms with Gasteiger partial charge in [-0.15, -0.1) is 0 Å². The summed E-state index contributed by atoms with van der Waals surface area (Å²) in [7, 11) is 0. The van der Waals surface area contributed by atoms with Crippen LogP contribution in [0.2, 0.25) is 0 Å². The highest BCUT2D eigenvalue weighted by atomic mass is 16.5. The molecule has 0 aromatic heterocycles. The summed E-state index contributed by atoms with van der Waals surface area (Å²) in [4.78, 5) is 0. The highest BCUT2D eigenvalue weighted by Crippen LogP contribution is 2.16. The van der Waals surface area contributed by atoms with Crippen molar-refractivity contribution in [2.75, 3.05) is 6.61 Å². The molecule has 2 aromatic carbocycles. The molecular weight excluding hydrogens is 224 g/mol. The molecule has 2 nitrogen and oxygen atoms in total. The molecule has 0 amide bonds. The van der Waals surface area contributed by atoms with E-state index in [0.717, 1.165) is 11.3 Å². The maximum Gasteiger partial charge on any atom is 0.120 e. The summed E-state index contributed by atoms with van der Waals surface area (Å²) in [5.41, 5.74) is 3.54. The second kappa shape index (κ2) is 6.22. The standard InChI is InChI=1S/C16H18O2/c1-13-5-2-3-7-15(13)12-18-16-8-4-6-14(11-16)9-10-17/h2-8,11,17H,9-10,12H2,1H3. The predicted octanol–water partition coefficient (Wildman–Crippen LogP) is 3.11. The lowest BCUT2D eigenvalue weighted by molar-refractivity contribution is 0.296. The Labute approximate surface area is 108 Å². The third-order valence-corrected chi connectivity index (χ3v) is 2.95. The number of aryl methyl sites for hydroxylation is 1. The van der Waals surface area contributed by atoms with Crippen LogP contribution in [0.15, 0.2) is 48.5 Å². The van der Waals surface area contributed by atoms with Crippen molar-refractivity contribution in [1.82, 2.24) is 0 Å². The van der Waals surface area contributed by atoms with Gasteiger partial charge in [0, 0.05) is 6.61 Å². The number of aliphatic hydroxyl groups is 1. The van der Waals surface area contributed by atoms with Gasteiger partial charge in [-0.2, -0.15) is 0 Å². The SMILES string of the molecule is Cc1ccccc1COc1cccc(CCO)c1. The van der Waals surface area contributed by atoms with E-state index in [4.69, 9.17) is 9.84 Å². The number of benzene rings is 2. The first-order chi connectivity index (χ1) is 8.79. The summed E-state index contributed by atoms with van der Waals surface area (Å²) in [5, 5.41) is 8.91. The van der Waals surface area contributed by atoms with E-state index in [-0.39, 0.29) is 6.61 Å². The van der Waals surface area contributed by atoms with Crippen molar-refractivity contribution in [3.05, 3.63) is 65.2 Å². The second-order valence-corrected chi connectivity index (χ2v) is 4.34. The Kier molecular flexibility index (Phi) is 4.37. The molecule has 0 aliphatic heterocycles. The Morgan fingerprint density at radius 1 is 1.06 bits per heavy atom. The molecule has 0 bridgehead atoms. The molecule has 0 unspecified atom stereocenters. The van der Waals surface area contributed by atoms with E-state index in [1.165, 1.54) is 11.1 Å². The molecule has 94 valence electrons. The minimum absolute atomic E-state index is 0.168. The molecule has 0 aliphatic rings. The van der Waals surface area contributed by atoms with Crippen molar-refractivity contribution in [2.24, 2.45) is 0 Å². The second-order valence-electron chi connectivity index (χ2n) is 4.34. The fourth-order valence-electron chi connectivity index (χ4n) is 1.85. The van der Waals surface area contributed by atoms with Crippen molar-refractivity contribution in [2.45, 2.75) is 20.0 Å². The minimum Gasteiger partial charge on any atom is -0.489 e. The normalized spacial score (nSPS) is 10.3. The molecular formula is C16H18O2.